The van der Waals surface area contributed by atoms with Gasteiger partial charge in [0.15, 0.2) is 11.6 Å². The maximum absolute atomic E-state index is 5.12. The van der Waals surface area contributed by atoms with E-state index >= 15 is 0 Å². The van der Waals surface area contributed by atoms with E-state index in [9.17, 15) is 0 Å². The van der Waals surface area contributed by atoms with Crippen LogP contribution in [0.4, 0.5) is 11.6 Å². The number of rotatable bonds is 3. The van der Waals surface area contributed by atoms with E-state index in [2.05, 4.69) is 102 Å². The SMILES string of the molecule is C1=CCC2C(=C1)c1ccccc1N2c1nc(-c2ccccc2)nc(-c2ccc3c(c2)sc2ccccc23)n1. The summed E-state index contributed by atoms with van der Waals surface area (Å²) in [4.78, 5) is 17.5. The minimum Gasteiger partial charge on any atom is -0.302 e. The van der Waals surface area contributed by atoms with Gasteiger partial charge in [-0.2, -0.15) is 9.97 Å². The Hall–Kier alpha value is -4.61. The van der Waals surface area contributed by atoms with Gasteiger partial charge in [0.1, 0.15) is 0 Å². The summed E-state index contributed by atoms with van der Waals surface area (Å²) in [5.41, 5.74) is 5.68. The van der Waals surface area contributed by atoms with Crippen molar-refractivity contribution < 1.29 is 0 Å². The fraction of sp³-hybridized carbons (Fsp3) is 0.0606. The number of hydrogen-bond acceptors (Lipinski definition) is 5. The average molecular weight is 507 g/mol. The van der Waals surface area contributed by atoms with E-state index in [1.54, 1.807) is 0 Å². The number of nitrogens with zero attached hydrogens (tertiary/aromatic N) is 4. The van der Waals surface area contributed by atoms with Gasteiger partial charge in [-0.15, -0.1) is 11.3 Å². The van der Waals surface area contributed by atoms with Crippen LogP contribution in [0, 0.1) is 0 Å². The Balaban J connectivity index is 1.34. The van der Waals surface area contributed by atoms with Crippen LogP contribution in [0.25, 0.3) is 48.5 Å². The molecule has 0 radical (unpaired) electrons. The zero-order valence-corrected chi connectivity index (χ0v) is 21.3. The Labute approximate surface area is 224 Å². The molecule has 0 spiro atoms. The third-order valence-corrected chi connectivity index (χ3v) is 8.56. The molecule has 3 heterocycles. The van der Waals surface area contributed by atoms with Gasteiger partial charge in [0, 0.05) is 36.9 Å². The Morgan fingerprint density at radius 3 is 2.37 bits per heavy atom. The largest absolute Gasteiger partial charge is 0.302 e. The third kappa shape index (κ3) is 3.32. The van der Waals surface area contributed by atoms with E-state index in [4.69, 9.17) is 15.0 Å². The van der Waals surface area contributed by atoms with E-state index in [1.165, 1.54) is 31.3 Å². The Bertz CT molecular complexity index is 1920. The van der Waals surface area contributed by atoms with Crippen molar-refractivity contribution in [3.63, 3.8) is 0 Å². The van der Waals surface area contributed by atoms with Crippen LogP contribution in [0.3, 0.4) is 0 Å². The molecule has 4 aromatic carbocycles. The fourth-order valence-corrected chi connectivity index (χ4v) is 6.80. The van der Waals surface area contributed by atoms with Crippen molar-refractivity contribution in [3.8, 4) is 22.8 Å². The first-order valence-electron chi connectivity index (χ1n) is 12.8. The molecule has 0 saturated carbocycles. The van der Waals surface area contributed by atoms with E-state index in [1.807, 2.05) is 29.5 Å². The molecule has 0 fully saturated rings. The lowest BCUT2D eigenvalue weighted by Gasteiger charge is -2.27. The number of aromatic nitrogens is 3. The lowest BCUT2D eigenvalue weighted by atomic mass is 9.96. The van der Waals surface area contributed by atoms with E-state index in [0.717, 1.165) is 23.2 Å². The first kappa shape index (κ1) is 21.5. The standard InChI is InChI=1S/C33H22N4S/c1-2-10-21(11-3-1)31-34-32(22-18-19-26-25-14-6-9-17-29(25)38-30(26)20-22)36-33(35-31)37-27-15-7-4-12-23(27)24-13-5-8-16-28(24)37/h1-15,17-20,28H,16H2. The summed E-state index contributed by atoms with van der Waals surface area (Å²) in [6, 6.07) is 34.1. The normalized spacial score (nSPS) is 16.1. The summed E-state index contributed by atoms with van der Waals surface area (Å²) >= 11 is 1.81. The Morgan fingerprint density at radius 2 is 1.45 bits per heavy atom. The number of thiophene rings is 1. The van der Waals surface area contributed by atoms with Crippen LogP contribution in [0.1, 0.15) is 12.0 Å². The summed E-state index contributed by atoms with van der Waals surface area (Å²) in [5, 5.41) is 2.56. The van der Waals surface area contributed by atoms with Crippen molar-refractivity contribution in [1.29, 1.82) is 0 Å². The second-order valence-electron chi connectivity index (χ2n) is 9.65. The van der Waals surface area contributed by atoms with Crippen molar-refractivity contribution in [2.45, 2.75) is 12.5 Å². The zero-order chi connectivity index (χ0) is 25.1. The van der Waals surface area contributed by atoms with E-state index in [0.29, 0.717) is 17.6 Å². The van der Waals surface area contributed by atoms with Gasteiger partial charge in [-0.1, -0.05) is 97.1 Å². The van der Waals surface area contributed by atoms with Crippen LogP contribution in [0.2, 0.25) is 0 Å². The minimum atomic E-state index is 0.168. The van der Waals surface area contributed by atoms with Gasteiger partial charge < -0.3 is 4.90 Å². The van der Waals surface area contributed by atoms with Crippen LogP contribution in [-0.4, -0.2) is 21.0 Å². The summed E-state index contributed by atoms with van der Waals surface area (Å²) in [6.07, 6.45) is 7.52. The van der Waals surface area contributed by atoms with Crippen molar-refractivity contribution in [2.75, 3.05) is 4.90 Å². The van der Waals surface area contributed by atoms with Gasteiger partial charge in [0.05, 0.1) is 11.7 Å². The maximum Gasteiger partial charge on any atom is 0.234 e. The van der Waals surface area contributed by atoms with Gasteiger partial charge in [-0.3, -0.25) is 0 Å². The third-order valence-electron chi connectivity index (χ3n) is 7.42. The molecule has 8 rings (SSSR count). The highest BCUT2D eigenvalue weighted by molar-refractivity contribution is 7.25. The molecular weight excluding hydrogens is 484 g/mol. The molecule has 2 aromatic heterocycles. The molecule has 0 amide bonds. The van der Waals surface area contributed by atoms with Crippen molar-refractivity contribution in [2.24, 2.45) is 0 Å². The number of anilines is 2. The molecule has 0 bridgehead atoms. The van der Waals surface area contributed by atoms with Gasteiger partial charge in [-0.05, 0) is 30.2 Å². The summed E-state index contributed by atoms with van der Waals surface area (Å²) in [5.74, 6) is 2.05. The number of hydrogen-bond donors (Lipinski definition) is 0. The molecule has 0 N–H and O–H groups in total. The number of benzene rings is 4. The molecule has 1 unspecified atom stereocenters. The topological polar surface area (TPSA) is 41.9 Å². The second-order valence-corrected chi connectivity index (χ2v) is 10.7. The van der Waals surface area contributed by atoms with Crippen LogP contribution >= 0.6 is 11.3 Å². The number of fused-ring (bicyclic) bond motifs is 6. The van der Waals surface area contributed by atoms with E-state index in [-0.39, 0.29) is 6.04 Å². The number of para-hydroxylation sites is 1. The van der Waals surface area contributed by atoms with Crippen LogP contribution < -0.4 is 4.90 Å². The summed E-state index contributed by atoms with van der Waals surface area (Å²) in [6.45, 7) is 0. The van der Waals surface area contributed by atoms with Crippen LogP contribution in [0.15, 0.2) is 115 Å². The van der Waals surface area contributed by atoms with E-state index < -0.39 is 0 Å². The van der Waals surface area contributed by atoms with Crippen molar-refractivity contribution in [3.05, 3.63) is 121 Å². The molecule has 4 nitrogen and oxygen atoms in total. The predicted molar refractivity (Wildman–Crippen MR) is 158 cm³/mol. The maximum atomic E-state index is 5.12. The molecule has 5 heteroatoms. The van der Waals surface area contributed by atoms with Crippen LogP contribution in [0.5, 0.6) is 0 Å². The van der Waals surface area contributed by atoms with Gasteiger partial charge in [0.2, 0.25) is 5.95 Å². The first-order valence-corrected chi connectivity index (χ1v) is 13.6. The smallest absolute Gasteiger partial charge is 0.234 e. The molecule has 38 heavy (non-hydrogen) atoms. The molecule has 1 atom stereocenters. The average Bonchev–Trinajstić information content (AvgIpc) is 3.53. The predicted octanol–water partition coefficient (Wildman–Crippen LogP) is 8.44. The van der Waals surface area contributed by atoms with Crippen molar-refractivity contribution in [1.82, 2.24) is 15.0 Å². The molecule has 180 valence electrons. The molecular formula is C33H22N4S. The first-order chi connectivity index (χ1) is 18.8. The summed E-state index contributed by atoms with van der Waals surface area (Å²) < 4.78 is 2.53. The molecule has 0 saturated heterocycles. The molecule has 1 aliphatic heterocycles. The van der Waals surface area contributed by atoms with Gasteiger partial charge >= 0.3 is 0 Å². The minimum absolute atomic E-state index is 0.168. The Morgan fingerprint density at radius 1 is 0.684 bits per heavy atom. The monoisotopic (exact) mass is 506 g/mol. The zero-order valence-electron chi connectivity index (χ0n) is 20.5. The second kappa shape index (κ2) is 8.47. The highest BCUT2D eigenvalue weighted by Gasteiger charge is 2.36. The number of allylic oxidation sites excluding steroid dienone is 2. The fourth-order valence-electron chi connectivity index (χ4n) is 5.66. The molecule has 2 aliphatic rings. The molecule has 6 aromatic rings. The Kier molecular flexibility index (Phi) is 4.79. The molecule has 1 aliphatic carbocycles. The highest BCUT2D eigenvalue weighted by Crippen LogP contribution is 2.46. The van der Waals surface area contributed by atoms with Crippen LogP contribution in [-0.2, 0) is 0 Å². The van der Waals surface area contributed by atoms with Gasteiger partial charge in [0.25, 0.3) is 0 Å². The quantitative estimate of drug-likeness (QED) is 0.241. The van der Waals surface area contributed by atoms with Gasteiger partial charge in [-0.25, -0.2) is 4.98 Å². The van der Waals surface area contributed by atoms with Crippen molar-refractivity contribution >= 4 is 48.7 Å². The lowest BCUT2D eigenvalue weighted by molar-refractivity contribution is 0.798. The highest BCUT2D eigenvalue weighted by atomic mass is 32.1. The summed E-state index contributed by atoms with van der Waals surface area (Å²) in [7, 11) is 0. The lowest BCUT2D eigenvalue weighted by Crippen LogP contribution is -2.29.